The molecule has 2 aliphatic rings. The van der Waals surface area contributed by atoms with Crippen LogP contribution in [-0.2, 0) is 12.8 Å². The lowest BCUT2D eigenvalue weighted by Gasteiger charge is -2.21. The van der Waals surface area contributed by atoms with E-state index in [1.165, 1.54) is 41.5 Å². The summed E-state index contributed by atoms with van der Waals surface area (Å²) in [6.07, 6.45) is 4.56. The van der Waals surface area contributed by atoms with Gasteiger partial charge in [0.05, 0.1) is 17.4 Å². The molecule has 3 nitrogen and oxygen atoms in total. The molecule has 1 aliphatic carbocycles. The number of aromatic nitrogens is 1. The Hall–Kier alpha value is -3.24. The lowest BCUT2D eigenvalue weighted by atomic mass is 9.97. The molecule has 0 amide bonds. The van der Waals surface area contributed by atoms with Crippen LogP contribution in [0.25, 0.3) is 11.3 Å². The molecule has 6 rings (SSSR count). The van der Waals surface area contributed by atoms with E-state index >= 15 is 0 Å². The van der Waals surface area contributed by atoms with Crippen LogP contribution in [0.4, 0.5) is 5.13 Å². The lowest BCUT2D eigenvalue weighted by Crippen LogP contribution is -2.18. The Bertz CT molecular complexity index is 1240. The molecule has 0 fully saturated rings. The number of aryl methyl sites for hydroxylation is 2. The second-order valence-corrected chi connectivity index (χ2v) is 9.08. The summed E-state index contributed by atoms with van der Waals surface area (Å²) in [5.74, 6) is 0. The smallest absolute Gasteiger partial charge is 0.207 e. The molecule has 0 saturated heterocycles. The third kappa shape index (κ3) is 3.47. The molecule has 1 aromatic heterocycles. The van der Waals surface area contributed by atoms with Crippen molar-refractivity contribution in [2.75, 3.05) is 5.01 Å². The number of anilines is 1. The van der Waals surface area contributed by atoms with E-state index in [1.54, 1.807) is 11.3 Å². The fourth-order valence-corrected chi connectivity index (χ4v) is 5.49. The Balaban J connectivity index is 1.39. The van der Waals surface area contributed by atoms with Gasteiger partial charge < -0.3 is 0 Å². The van der Waals surface area contributed by atoms with Gasteiger partial charge in [-0.1, -0.05) is 72.8 Å². The van der Waals surface area contributed by atoms with Gasteiger partial charge in [0.25, 0.3) is 0 Å². The number of thiazole rings is 1. The maximum absolute atomic E-state index is 5.12. The Morgan fingerprint density at radius 2 is 1.58 bits per heavy atom. The van der Waals surface area contributed by atoms with Crippen LogP contribution in [0.15, 0.2) is 89.3 Å². The van der Waals surface area contributed by atoms with E-state index in [2.05, 4.69) is 83.2 Å². The Morgan fingerprint density at radius 1 is 0.806 bits per heavy atom. The molecule has 0 radical (unpaired) electrons. The molecular formula is C27H23N3S. The molecule has 31 heavy (non-hydrogen) atoms. The number of fused-ring (bicyclic) bond motifs is 1. The number of hydrogen-bond donors (Lipinski definition) is 0. The van der Waals surface area contributed by atoms with E-state index in [1.807, 2.05) is 6.07 Å². The third-order valence-corrected chi connectivity index (χ3v) is 7.11. The Labute approximate surface area is 186 Å². The minimum Gasteiger partial charge on any atom is -0.231 e. The first-order valence-electron chi connectivity index (χ1n) is 10.9. The van der Waals surface area contributed by atoms with E-state index in [4.69, 9.17) is 10.1 Å². The molecule has 152 valence electrons. The quantitative estimate of drug-likeness (QED) is 0.369. The summed E-state index contributed by atoms with van der Waals surface area (Å²) in [4.78, 5) is 4.96. The molecule has 1 unspecified atom stereocenters. The van der Waals surface area contributed by atoms with Gasteiger partial charge in [0.2, 0.25) is 5.13 Å². The van der Waals surface area contributed by atoms with Crippen LogP contribution in [0.1, 0.15) is 41.1 Å². The van der Waals surface area contributed by atoms with Crippen molar-refractivity contribution in [2.24, 2.45) is 5.10 Å². The van der Waals surface area contributed by atoms with Crippen molar-refractivity contribution < 1.29 is 0 Å². The summed E-state index contributed by atoms with van der Waals surface area (Å²) in [5.41, 5.74) is 8.83. The van der Waals surface area contributed by atoms with Crippen LogP contribution in [0, 0.1) is 0 Å². The zero-order chi connectivity index (χ0) is 20.6. The molecule has 2 heterocycles. The molecule has 4 heteroatoms. The monoisotopic (exact) mass is 421 g/mol. The van der Waals surface area contributed by atoms with Crippen LogP contribution >= 0.6 is 11.3 Å². The van der Waals surface area contributed by atoms with Crippen molar-refractivity contribution in [1.29, 1.82) is 0 Å². The zero-order valence-electron chi connectivity index (χ0n) is 17.2. The average Bonchev–Trinajstić information content (AvgIpc) is 3.59. The SMILES string of the molecule is c1ccc(-c2csc(N3N=C(c4ccc5c(c4)CCC5)CC3c3ccccc3)n2)cc1. The van der Waals surface area contributed by atoms with E-state index in [-0.39, 0.29) is 6.04 Å². The van der Waals surface area contributed by atoms with E-state index in [0.717, 1.165) is 28.5 Å². The fraction of sp³-hybridized carbons (Fsp3) is 0.185. The van der Waals surface area contributed by atoms with E-state index in [9.17, 15) is 0 Å². The van der Waals surface area contributed by atoms with Gasteiger partial charge in [-0.05, 0) is 47.6 Å². The van der Waals surface area contributed by atoms with Crippen molar-refractivity contribution in [3.63, 3.8) is 0 Å². The molecule has 1 aliphatic heterocycles. The highest BCUT2D eigenvalue weighted by molar-refractivity contribution is 7.14. The normalized spacial score (nSPS) is 17.6. The van der Waals surface area contributed by atoms with Crippen LogP contribution in [-0.4, -0.2) is 10.7 Å². The Morgan fingerprint density at radius 3 is 2.42 bits per heavy atom. The van der Waals surface area contributed by atoms with Crippen molar-refractivity contribution in [3.05, 3.63) is 106 Å². The molecule has 0 N–H and O–H groups in total. The number of hydrogen-bond acceptors (Lipinski definition) is 4. The second-order valence-electron chi connectivity index (χ2n) is 8.24. The topological polar surface area (TPSA) is 28.5 Å². The average molecular weight is 422 g/mol. The van der Waals surface area contributed by atoms with Gasteiger partial charge in [-0.15, -0.1) is 11.3 Å². The summed E-state index contributed by atoms with van der Waals surface area (Å²) in [5, 5.41) is 10.3. The molecule has 0 spiro atoms. The largest absolute Gasteiger partial charge is 0.231 e. The lowest BCUT2D eigenvalue weighted by molar-refractivity contribution is 0.706. The number of benzene rings is 3. The van der Waals surface area contributed by atoms with Crippen molar-refractivity contribution in [2.45, 2.75) is 31.7 Å². The summed E-state index contributed by atoms with van der Waals surface area (Å²) < 4.78 is 0. The van der Waals surface area contributed by atoms with Gasteiger partial charge in [0.1, 0.15) is 0 Å². The van der Waals surface area contributed by atoms with Gasteiger partial charge in [0, 0.05) is 17.4 Å². The first kappa shape index (κ1) is 18.5. The highest BCUT2D eigenvalue weighted by Gasteiger charge is 2.32. The van der Waals surface area contributed by atoms with Crippen LogP contribution in [0.2, 0.25) is 0 Å². The van der Waals surface area contributed by atoms with Crippen molar-refractivity contribution in [3.8, 4) is 11.3 Å². The van der Waals surface area contributed by atoms with Gasteiger partial charge in [-0.25, -0.2) is 9.99 Å². The maximum Gasteiger partial charge on any atom is 0.207 e. The molecule has 1 atom stereocenters. The zero-order valence-corrected chi connectivity index (χ0v) is 18.1. The molecule has 3 aromatic carbocycles. The molecule has 0 bridgehead atoms. The van der Waals surface area contributed by atoms with Gasteiger partial charge in [-0.3, -0.25) is 0 Å². The maximum atomic E-state index is 5.12. The summed E-state index contributed by atoms with van der Waals surface area (Å²) >= 11 is 1.67. The highest BCUT2D eigenvalue weighted by atomic mass is 32.1. The third-order valence-electron chi connectivity index (χ3n) is 6.28. The van der Waals surface area contributed by atoms with Crippen LogP contribution < -0.4 is 5.01 Å². The minimum atomic E-state index is 0.166. The van der Waals surface area contributed by atoms with E-state index in [0.29, 0.717) is 0 Å². The number of nitrogens with zero attached hydrogens (tertiary/aromatic N) is 3. The fourth-order valence-electron chi connectivity index (χ4n) is 4.66. The predicted molar refractivity (Wildman–Crippen MR) is 129 cm³/mol. The first-order chi connectivity index (χ1) is 15.3. The molecule has 4 aromatic rings. The second kappa shape index (κ2) is 7.78. The van der Waals surface area contributed by atoms with Gasteiger partial charge >= 0.3 is 0 Å². The van der Waals surface area contributed by atoms with Gasteiger partial charge in [0.15, 0.2) is 0 Å². The summed E-state index contributed by atoms with van der Waals surface area (Å²) in [6.45, 7) is 0. The minimum absolute atomic E-state index is 0.166. The van der Waals surface area contributed by atoms with Gasteiger partial charge in [-0.2, -0.15) is 5.10 Å². The highest BCUT2D eigenvalue weighted by Crippen LogP contribution is 2.39. The van der Waals surface area contributed by atoms with E-state index < -0.39 is 0 Å². The Kier molecular flexibility index (Phi) is 4.65. The van der Waals surface area contributed by atoms with Crippen molar-refractivity contribution in [1.82, 2.24) is 4.98 Å². The molecule has 0 saturated carbocycles. The summed E-state index contributed by atoms with van der Waals surface area (Å²) in [7, 11) is 0. The predicted octanol–water partition coefficient (Wildman–Crippen LogP) is 6.65. The number of hydrazone groups is 1. The first-order valence-corrected chi connectivity index (χ1v) is 11.8. The summed E-state index contributed by atoms with van der Waals surface area (Å²) in [6, 6.07) is 28.1. The standard InChI is InChI=1S/C27H23N3S/c1-3-8-20(9-4-1)25-18-31-27(28-25)30-26(21-10-5-2-6-11-21)17-24(29-30)23-15-14-19-12-7-13-22(19)16-23/h1-6,8-11,14-16,18,26H,7,12-13,17H2. The van der Waals surface area contributed by atoms with Crippen LogP contribution in [0.5, 0.6) is 0 Å². The number of rotatable bonds is 4. The molecular weight excluding hydrogens is 398 g/mol. The van der Waals surface area contributed by atoms with Crippen molar-refractivity contribution >= 4 is 22.2 Å². The van der Waals surface area contributed by atoms with Crippen LogP contribution in [0.3, 0.4) is 0 Å².